The first-order valence-corrected chi connectivity index (χ1v) is 7.90. The molecule has 5 nitrogen and oxygen atoms in total. The standard InChI is InChI=1S/C13H18N2O3S/c16-13(15-11-6-4-5-7-11)10-14-19(17,18)12-8-2-1-3-9-12/h1-3,8-9,11,14H,4-7,10H2,(H,15,16). The molecule has 0 radical (unpaired) electrons. The number of hydrogen-bond acceptors (Lipinski definition) is 3. The van der Waals surface area contributed by atoms with Crippen LogP contribution in [0.2, 0.25) is 0 Å². The van der Waals surface area contributed by atoms with E-state index in [0.717, 1.165) is 25.7 Å². The highest BCUT2D eigenvalue weighted by atomic mass is 32.2. The summed E-state index contributed by atoms with van der Waals surface area (Å²) >= 11 is 0. The molecular formula is C13H18N2O3S. The summed E-state index contributed by atoms with van der Waals surface area (Å²) in [5.74, 6) is -0.272. The summed E-state index contributed by atoms with van der Waals surface area (Å²) in [6, 6.07) is 8.23. The zero-order valence-corrected chi connectivity index (χ0v) is 11.4. The number of hydrogen-bond donors (Lipinski definition) is 2. The lowest BCUT2D eigenvalue weighted by molar-refractivity contribution is -0.120. The zero-order chi connectivity index (χ0) is 13.7. The minimum absolute atomic E-state index is 0.170. The first-order chi connectivity index (χ1) is 9.08. The van der Waals surface area contributed by atoms with Crippen LogP contribution in [0.5, 0.6) is 0 Å². The van der Waals surface area contributed by atoms with Crippen molar-refractivity contribution in [2.75, 3.05) is 6.54 Å². The largest absolute Gasteiger partial charge is 0.352 e. The van der Waals surface area contributed by atoms with Crippen LogP contribution >= 0.6 is 0 Å². The van der Waals surface area contributed by atoms with Crippen LogP contribution in [0, 0.1) is 0 Å². The van der Waals surface area contributed by atoms with Gasteiger partial charge in [-0.05, 0) is 25.0 Å². The van der Waals surface area contributed by atoms with Crippen molar-refractivity contribution in [1.29, 1.82) is 0 Å². The molecule has 6 heteroatoms. The van der Waals surface area contributed by atoms with E-state index in [2.05, 4.69) is 10.0 Å². The average molecular weight is 282 g/mol. The van der Waals surface area contributed by atoms with Gasteiger partial charge >= 0.3 is 0 Å². The predicted octanol–water partition coefficient (Wildman–Crippen LogP) is 1.02. The lowest BCUT2D eigenvalue weighted by Crippen LogP contribution is -2.40. The first kappa shape index (κ1) is 14.0. The number of amides is 1. The number of sulfonamides is 1. The second kappa shape index (κ2) is 6.16. The second-order valence-corrected chi connectivity index (χ2v) is 6.45. The van der Waals surface area contributed by atoms with E-state index in [0.29, 0.717) is 0 Å². The zero-order valence-electron chi connectivity index (χ0n) is 10.6. The third-order valence-corrected chi connectivity index (χ3v) is 4.61. The van der Waals surface area contributed by atoms with Crippen LogP contribution in [0.3, 0.4) is 0 Å². The molecule has 2 rings (SSSR count). The fourth-order valence-corrected chi connectivity index (χ4v) is 3.20. The van der Waals surface area contributed by atoms with Crippen molar-refractivity contribution >= 4 is 15.9 Å². The van der Waals surface area contributed by atoms with Gasteiger partial charge in [-0.15, -0.1) is 0 Å². The molecular weight excluding hydrogens is 264 g/mol. The lowest BCUT2D eigenvalue weighted by Gasteiger charge is -2.12. The molecule has 0 aromatic heterocycles. The van der Waals surface area contributed by atoms with E-state index in [1.165, 1.54) is 12.1 Å². The Morgan fingerprint density at radius 2 is 1.79 bits per heavy atom. The fourth-order valence-electron chi connectivity index (χ4n) is 2.19. The van der Waals surface area contributed by atoms with Crippen molar-refractivity contribution in [1.82, 2.24) is 10.0 Å². The van der Waals surface area contributed by atoms with Gasteiger partial charge in [0.15, 0.2) is 0 Å². The highest BCUT2D eigenvalue weighted by molar-refractivity contribution is 7.89. The highest BCUT2D eigenvalue weighted by Gasteiger charge is 2.19. The van der Waals surface area contributed by atoms with Gasteiger partial charge in [0.05, 0.1) is 11.4 Å². The van der Waals surface area contributed by atoms with Gasteiger partial charge in [0, 0.05) is 6.04 Å². The van der Waals surface area contributed by atoms with E-state index in [-0.39, 0.29) is 23.4 Å². The molecule has 0 atom stereocenters. The highest BCUT2D eigenvalue weighted by Crippen LogP contribution is 2.17. The molecule has 1 fully saturated rings. The quantitative estimate of drug-likeness (QED) is 0.847. The van der Waals surface area contributed by atoms with E-state index in [1.54, 1.807) is 18.2 Å². The van der Waals surface area contributed by atoms with E-state index in [1.807, 2.05) is 0 Å². The maximum atomic E-state index is 11.9. The second-order valence-electron chi connectivity index (χ2n) is 4.69. The van der Waals surface area contributed by atoms with E-state index >= 15 is 0 Å². The molecule has 1 aromatic carbocycles. The van der Waals surface area contributed by atoms with E-state index < -0.39 is 10.0 Å². The Kier molecular flexibility index (Phi) is 4.55. The molecule has 1 amide bonds. The van der Waals surface area contributed by atoms with Gasteiger partial charge in [0.25, 0.3) is 0 Å². The molecule has 2 N–H and O–H groups in total. The van der Waals surface area contributed by atoms with Crippen LogP contribution in [-0.4, -0.2) is 26.9 Å². The van der Waals surface area contributed by atoms with E-state index in [9.17, 15) is 13.2 Å². The third-order valence-electron chi connectivity index (χ3n) is 3.20. The number of benzene rings is 1. The average Bonchev–Trinajstić information content (AvgIpc) is 2.90. The maximum Gasteiger partial charge on any atom is 0.241 e. The minimum atomic E-state index is -3.60. The number of carbonyl (C=O) groups is 1. The molecule has 1 aromatic rings. The number of rotatable bonds is 5. The van der Waals surface area contributed by atoms with E-state index in [4.69, 9.17) is 0 Å². The van der Waals surface area contributed by atoms with Gasteiger partial charge in [-0.1, -0.05) is 31.0 Å². The Morgan fingerprint density at radius 1 is 1.16 bits per heavy atom. The smallest absolute Gasteiger partial charge is 0.241 e. The Hall–Kier alpha value is -1.40. The van der Waals surface area contributed by atoms with Crippen molar-refractivity contribution < 1.29 is 13.2 Å². The van der Waals surface area contributed by atoms with Crippen LogP contribution in [0.15, 0.2) is 35.2 Å². The molecule has 0 aliphatic heterocycles. The molecule has 0 bridgehead atoms. The summed E-state index contributed by atoms with van der Waals surface area (Å²) in [5.41, 5.74) is 0. The molecule has 1 aliphatic rings. The van der Waals surface area contributed by atoms with Crippen molar-refractivity contribution in [3.8, 4) is 0 Å². The third kappa shape index (κ3) is 4.04. The molecule has 104 valence electrons. The van der Waals surface area contributed by atoms with Crippen molar-refractivity contribution in [3.05, 3.63) is 30.3 Å². The maximum absolute atomic E-state index is 11.9. The summed E-state index contributed by atoms with van der Waals surface area (Å²) in [7, 11) is -3.60. The Bertz CT molecular complexity index is 522. The van der Waals surface area contributed by atoms with Gasteiger partial charge in [-0.25, -0.2) is 13.1 Å². The number of nitrogens with one attached hydrogen (secondary N) is 2. The minimum Gasteiger partial charge on any atom is -0.352 e. The van der Waals surface area contributed by atoms with Crippen molar-refractivity contribution in [3.63, 3.8) is 0 Å². The molecule has 1 saturated carbocycles. The van der Waals surface area contributed by atoms with Crippen molar-refractivity contribution in [2.24, 2.45) is 0 Å². The van der Waals surface area contributed by atoms with Gasteiger partial charge in [0.1, 0.15) is 0 Å². The summed E-state index contributed by atoms with van der Waals surface area (Å²) < 4.78 is 26.1. The summed E-state index contributed by atoms with van der Waals surface area (Å²) in [5, 5.41) is 2.84. The Balaban J connectivity index is 1.86. The van der Waals surface area contributed by atoms with Crippen LogP contribution in [0.1, 0.15) is 25.7 Å². The van der Waals surface area contributed by atoms with Gasteiger partial charge in [-0.3, -0.25) is 4.79 Å². The number of carbonyl (C=O) groups excluding carboxylic acids is 1. The Labute approximate surface area is 113 Å². The topological polar surface area (TPSA) is 75.3 Å². The Morgan fingerprint density at radius 3 is 2.42 bits per heavy atom. The van der Waals surface area contributed by atoms with Crippen LogP contribution < -0.4 is 10.0 Å². The first-order valence-electron chi connectivity index (χ1n) is 6.42. The molecule has 1 aliphatic carbocycles. The summed E-state index contributed by atoms with van der Waals surface area (Å²) in [4.78, 5) is 11.8. The normalized spacial score (nSPS) is 16.4. The van der Waals surface area contributed by atoms with Gasteiger partial charge in [-0.2, -0.15) is 0 Å². The molecule has 0 heterocycles. The predicted molar refractivity (Wildman–Crippen MR) is 72.0 cm³/mol. The SMILES string of the molecule is O=C(CNS(=O)(=O)c1ccccc1)NC1CCCC1. The monoisotopic (exact) mass is 282 g/mol. The van der Waals surface area contributed by atoms with Gasteiger partial charge in [0.2, 0.25) is 15.9 Å². The summed E-state index contributed by atoms with van der Waals surface area (Å²) in [6.45, 7) is -0.215. The van der Waals surface area contributed by atoms with Crippen LogP contribution in [0.25, 0.3) is 0 Å². The lowest BCUT2D eigenvalue weighted by atomic mass is 10.2. The molecule has 0 spiro atoms. The summed E-state index contributed by atoms with van der Waals surface area (Å²) in [6.07, 6.45) is 4.22. The molecule has 0 saturated heterocycles. The van der Waals surface area contributed by atoms with Crippen molar-refractivity contribution in [2.45, 2.75) is 36.6 Å². The molecule has 0 unspecified atom stereocenters. The fraction of sp³-hybridized carbons (Fsp3) is 0.462. The van der Waals surface area contributed by atoms with Crippen LogP contribution in [-0.2, 0) is 14.8 Å². The van der Waals surface area contributed by atoms with Gasteiger partial charge < -0.3 is 5.32 Å². The van der Waals surface area contributed by atoms with Crippen LogP contribution in [0.4, 0.5) is 0 Å². The molecule has 19 heavy (non-hydrogen) atoms.